The molecule has 27 heavy (non-hydrogen) atoms. The summed E-state index contributed by atoms with van der Waals surface area (Å²) in [6, 6.07) is 4.73. The molecule has 1 amide bonds. The molecule has 2 aliphatic heterocycles. The summed E-state index contributed by atoms with van der Waals surface area (Å²) in [5, 5.41) is 0. The standard InChI is InChI=1S/C19H28N2O5S/c1-25-16-8-9-17(26-2)18(13-16)27(23,24)21-12-6-7-15(14-21)19(22)20-10-4-3-5-11-20/h8-9,13,15H,3-7,10-12,14H2,1-2H3/t15-/m0/s1. The molecule has 2 aliphatic rings. The Hall–Kier alpha value is -1.80. The van der Waals surface area contributed by atoms with Gasteiger partial charge >= 0.3 is 0 Å². The second kappa shape index (κ2) is 8.48. The summed E-state index contributed by atoms with van der Waals surface area (Å²) < 4.78 is 38.3. The summed E-state index contributed by atoms with van der Waals surface area (Å²) in [6.45, 7) is 2.20. The molecule has 1 atom stereocenters. The van der Waals surface area contributed by atoms with Gasteiger partial charge in [-0.2, -0.15) is 4.31 Å². The number of amides is 1. The van der Waals surface area contributed by atoms with Gasteiger partial charge in [0.15, 0.2) is 0 Å². The Labute approximate surface area is 161 Å². The summed E-state index contributed by atoms with van der Waals surface area (Å²) >= 11 is 0. The van der Waals surface area contributed by atoms with Crippen molar-refractivity contribution >= 4 is 15.9 Å². The lowest BCUT2D eigenvalue weighted by Gasteiger charge is -2.35. The fourth-order valence-corrected chi connectivity index (χ4v) is 5.55. The first-order valence-electron chi connectivity index (χ1n) is 9.48. The SMILES string of the molecule is COc1ccc(OC)c(S(=O)(=O)N2CCC[C@H](C(=O)N3CCCCC3)C2)c1. The van der Waals surface area contributed by atoms with Crippen LogP contribution in [-0.2, 0) is 14.8 Å². The molecular formula is C19H28N2O5S. The lowest BCUT2D eigenvalue weighted by molar-refractivity contribution is -0.137. The first-order valence-corrected chi connectivity index (χ1v) is 10.9. The number of benzene rings is 1. The van der Waals surface area contributed by atoms with Crippen molar-refractivity contribution in [3.05, 3.63) is 18.2 Å². The number of piperidine rings is 2. The number of carbonyl (C=O) groups excluding carboxylic acids is 1. The van der Waals surface area contributed by atoms with E-state index < -0.39 is 10.0 Å². The predicted molar refractivity (Wildman–Crippen MR) is 101 cm³/mol. The molecule has 0 spiro atoms. The van der Waals surface area contributed by atoms with Gasteiger partial charge in [-0.25, -0.2) is 8.42 Å². The number of hydrogen-bond acceptors (Lipinski definition) is 5. The average Bonchev–Trinajstić information content (AvgIpc) is 2.73. The van der Waals surface area contributed by atoms with E-state index >= 15 is 0 Å². The quantitative estimate of drug-likeness (QED) is 0.762. The molecule has 7 nitrogen and oxygen atoms in total. The number of likely N-dealkylation sites (tertiary alicyclic amines) is 1. The second-order valence-electron chi connectivity index (χ2n) is 7.10. The van der Waals surface area contributed by atoms with E-state index in [-0.39, 0.29) is 29.0 Å². The van der Waals surface area contributed by atoms with Gasteiger partial charge in [0, 0.05) is 32.2 Å². The topological polar surface area (TPSA) is 76.1 Å². The molecule has 1 aromatic carbocycles. The molecule has 0 N–H and O–H groups in total. The molecule has 8 heteroatoms. The van der Waals surface area contributed by atoms with Crippen molar-refractivity contribution in [2.75, 3.05) is 40.4 Å². The van der Waals surface area contributed by atoms with Gasteiger partial charge in [0.1, 0.15) is 16.4 Å². The summed E-state index contributed by atoms with van der Waals surface area (Å²) in [6.07, 6.45) is 4.62. The zero-order valence-electron chi connectivity index (χ0n) is 16.0. The molecule has 2 heterocycles. The highest BCUT2D eigenvalue weighted by atomic mass is 32.2. The Bertz CT molecular complexity index is 774. The molecule has 150 valence electrons. The van der Waals surface area contributed by atoms with Crippen molar-refractivity contribution in [2.24, 2.45) is 5.92 Å². The number of carbonyl (C=O) groups is 1. The molecule has 0 bridgehead atoms. The van der Waals surface area contributed by atoms with Crippen molar-refractivity contribution in [1.82, 2.24) is 9.21 Å². The molecule has 2 saturated heterocycles. The monoisotopic (exact) mass is 396 g/mol. The van der Waals surface area contributed by atoms with Crippen LogP contribution in [0.5, 0.6) is 11.5 Å². The van der Waals surface area contributed by atoms with Gasteiger partial charge in [-0.3, -0.25) is 4.79 Å². The van der Waals surface area contributed by atoms with Crippen LogP contribution in [0.4, 0.5) is 0 Å². The molecule has 0 radical (unpaired) electrons. The first-order chi connectivity index (χ1) is 13.0. The van der Waals surface area contributed by atoms with E-state index in [1.807, 2.05) is 4.90 Å². The normalized spacial score (nSPS) is 21.7. The smallest absolute Gasteiger partial charge is 0.246 e. The minimum absolute atomic E-state index is 0.0791. The fraction of sp³-hybridized carbons (Fsp3) is 0.632. The van der Waals surface area contributed by atoms with Crippen LogP contribution in [0.15, 0.2) is 23.1 Å². The number of ether oxygens (including phenoxy) is 2. The molecule has 0 saturated carbocycles. The highest BCUT2D eigenvalue weighted by Crippen LogP contribution is 2.33. The Morgan fingerprint density at radius 3 is 2.44 bits per heavy atom. The molecule has 0 aliphatic carbocycles. The zero-order valence-corrected chi connectivity index (χ0v) is 16.8. The Kier molecular flexibility index (Phi) is 6.26. The van der Waals surface area contributed by atoms with Crippen molar-refractivity contribution in [2.45, 2.75) is 37.0 Å². The van der Waals surface area contributed by atoms with Gasteiger partial charge in [0.25, 0.3) is 0 Å². The summed E-state index contributed by atoms with van der Waals surface area (Å²) in [7, 11) is -0.840. The van der Waals surface area contributed by atoms with Crippen molar-refractivity contribution in [3.8, 4) is 11.5 Å². The van der Waals surface area contributed by atoms with Gasteiger partial charge in [-0.05, 0) is 44.2 Å². The van der Waals surface area contributed by atoms with Gasteiger partial charge in [-0.1, -0.05) is 0 Å². The Balaban J connectivity index is 1.81. The Morgan fingerprint density at radius 1 is 1.04 bits per heavy atom. The van der Waals surface area contributed by atoms with Crippen LogP contribution < -0.4 is 9.47 Å². The molecule has 2 fully saturated rings. The molecule has 0 aromatic heterocycles. The highest BCUT2D eigenvalue weighted by Gasteiger charge is 2.36. The predicted octanol–water partition coefficient (Wildman–Crippen LogP) is 2.12. The van der Waals surface area contributed by atoms with Crippen LogP contribution in [0.25, 0.3) is 0 Å². The van der Waals surface area contributed by atoms with Crippen molar-refractivity contribution in [3.63, 3.8) is 0 Å². The average molecular weight is 397 g/mol. The van der Waals surface area contributed by atoms with E-state index in [9.17, 15) is 13.2 Å². The third kappa shape index (κ3) is 4.21. The van der Waals surface area contributed by atoms with Crippen LogP contribution in [0.1, 0.15) is 32.1 Å². The molecule has 3 rings (SSSR count). The number of sulfonamides is 1. The van der Waals surface area contributed by atoms with Crippen molar-refractivity contribution in [1.29, 1.82) is 0 Å². The van der Waals surface area contributed by atoms with Crippen LogP contribution in [0.2, 0.25) is 0 Å². The van der Waals surface area contributed by atoms with E-state index in [0.717, 1.165) is 38.8 Å². The minimum Gasteiger partial charge on any atom is -0.497 e. The maximum Gasteiger partial charge on any atom is 0.246 e. The van der Waals surface area contributed by atoms with Gasteiger partial charge in [-0.15, -0.1) is 0 Å². The van der Waals surface area contributed by atoms with Gasteiger partial charge in [0.2, 0.25) is 15.9 Å². The van der Waals surface area contributed by atoms with Crippen LogP contribution in [-0.4, -0.2) is 63.9 Å². The van der Waals surface area contributed by atoms with E-state index in [4.69, 9.17) is 9.47 Å². The summed E-state index contributed by atoms with van der Waals surface area (Å²) in [5.41, 5.74) is 0. The highest BCUT2D eigenvalue weighted by molar-refractivity contribution is 7.89. The molecular weight excluding hydrogens is 368 g/mol. The maximum absolute atomic E-state index is 13.2. The van der Waals surface area contributed by atoms with Crippen LogP contribution in [0.3, 0.4) is 0 Å². The second-order valence-corrected chi connectivity index (χ2v) is 9.01. The molecule has 1 aromatic rings. The summed E-state index contributed by atoms with van der Waals surface area (Å²) in [4.78, 5) is 14.8. The fourth-order valence-electron chi connectivity index (χ4n) is 3.86. The largest absolute Gasteiger partial charge is 0.497 e. The van der Waals surface area contributed by atoms with E-state index in [0.29, 0.717) is 18.7 Å². The van der Waals surface area contributed by atoms with E-state index in [1.165, 1.54) is 24.6 Å². The van der Waals surface area contributed by atoms with Crippen LogP contribution >= 0.6 is 0 Å². The number of nitrogens with zero attached hydrogens (tertiary/aromatic N) is 2. The lowest BCUT2D eigenvalue weighted by atomic mass is 9.97. The van der Waals surface area contributed by atoms with E-state index in [1.54, 1.807) is 12.1 Å². The van der Waals surface area contributed by atoms with Crippen molar-refractivity contribution < 1.29 is 22.7 Å². The lowest BCUT2D eigenvalue weighted by Crippen LogP contribution is -2.47. The third-order valence-electron chi connectivity index (χ3n) is 5.39. The number of hydrogen-bond donors (Lipinski definition) is 0. The molecule has 0 unspecified atom stereocenters. The van der Waals surface area contributed by atoms with Crippen LogP contribution in [0, 0.1) is 5.92 Å². The Morgan fingerprint density at radius 2 is 1.78 bits per heavy atom. The number of methoxy groups -OCH3 is 2. The van der Waals surface area contributed by atoms with E-state index in [2.05, 4.69) is 0 Å². The summed E-state index contributed by atoms with van der Waals surface area (Å²) in [5.74, 6) is 0.544. The number of rotatable bonds is 5. The zero-order chi connectivity index (χ0) is 19.4. The minimum atomic E-state index is -3.78. The van der Waals surface area contributed by atoms with Gasteiger partial charge in [0.05, 0.1) is 20.1 Å². The third-order valence-corrected chi connectivity index (χ3v) is 7.28. The van der Waals surface area contributed by atoms with Gasteiger partial charge < -0.3 is 14.4 Å². The maximum atomic E-state index is 13.2. The first kappa shape index (κ1) is 19.9.